The van der Waals surface area contributed by atoms with E-state index >= 15 is 0 Å². The fraction of sp³-hybridized carbons (Fsp3) is 0.182. The van der Waals surface area contributed by atoms with Crippen molar-refractivity contribution in [2.45, 2.75) is 13.3 Å². The second kappa shape index (κ2) is 5.51. The molecule has 0 heterocycles. The SMILES string of the molecule is CC(=O)C(=Cc1ccccc1OC(F)(F)F)[N+](=O)[O-]. The summed E-state index contributed by atoms with van der Waals surface area (Å²) in [6.07, 6.45) is -4.18. The molecule has 1 rings (SSSR count). The number of carbonyl (C=O) groups excluding carboxylic acids is 1. The number of rotatable bonds is 4. The second-order valence-corrected chi connectivity index (χ2v) is 3.43. The van der Waals surface area contributed by atoms with Gasteiger partial charge in [-0.2, -0.15) is 0 Å². The molecule has 0 amide bonds. The summed E-state index contributed by atoms with van der Waals surface area (Å²) in [5.74, 6) is -1.48. The number of ketones is 1. The van der Waals surface area contributed by atoms with Crippen LogP contribution in [0.25, 0.3) is 6.08 Å². The minimum atomic E-state index is -4.92. The van der Waals surface area contributed by atoms with Crippen LogP contribution in [0.15, 0.2) is 30.0 Å². The smallest absolute Gasteiger partial charge is 0.405 e. The van der Waals surface area contributed by atoms with E-state index in [4.69, 9.17) is 0 Å². The first-order valence-corrected chi connectivity index (χ1v) is 4.92. The minimum Gasteiger partial charge on any atom is -0.405 e. The average Bonchev–Trinajstić information content (AvgIpc) is 2.24. The van der Waals surface area contributed by atoms with Crippen molar-refractivity contribution < 1.29 is 27.6 Å². The molecule has 102 valence electrons. The van der Waals surface area contributed by atoms with E-state index in [2.05, 4.69) is 4.74 Å². The van der Waals surface area contributed by atoms with Gasteiger partial charge < -0.3 is 4.74 Å². The Bertz CT molecular complexity index is 521. The van der Waals surface area contributed by atoms with Gasteiger partial charge in [-0.25, -0.2) is 0 Å². The molecular weight excluding hydrogens is 267 g/mol. The van der Waals surface area contributed by atoms with Gasteiger partial charge >= 0.3 is 12.1 Å². The van der Waals surface area contributed by atoms with Crippen LogP contribution in [0.3, 0.4) is 0 Å². The summed E-state index contributed by atoms with van der Waals surface area (Å²) in [4.78, 5) is 20.6. The molecular formula is C11H8F3NO4. The number of Topliss-reactive ketones (excluding diaryl/α,β-unsaturated/α-hetero) is 1. The number of nitrogens with zero attached hydrogens (tertiary/aromatic N) is 1. The third-order valence-corrected chi connectivity index (χ3v) is 1.99. The van der Waals surface area contributed by atoms with Gasteiger partial charge in [0.1, 0.15) is 5.75 Å². The van der Waals surface area contributed by atoms with Crippen molar-refractivity contribution in [1.82, 2.24) is 0 Å². The Labute approximate surface area is 105 Å². The molecule has 5 nitrogen and oxygen atoms in total. The van der Waals surface area contributed by atoms with E-state index in [1.54, 1.807) is 0 Å². The van der Waals surface area contributed by atoms with Crippen LogP contribution in [0.2, 0.25) is 0 Å². The van der Waals surface area contributed by atoms with Crippen molar-refractivity contribution in [3.63, 3.8) is 0 Å². The molecule has 0 aliphatic rings. The van der Waals surface area contributed by atoms with Crippen LogP contribution in [0.1, 0.15) is 12.5 Å². The van der Waals surface area contributed by atoms with E-state index in [0.717, 1.165) is 19.1 Å². The largest absolute Gasteiger partial charge is 0.573 e. The topological polar surface area (TPSA) is 69.4 Å². The Morgan fingerprint density at radius 3 is 2.42 bits per heavy atom. The number of allylic oxidation sites excluding steroid dienone is 1. The number of hydrogen-bond donors (Lipinski definition) is 0. The number of halogens is 3. The molecule has 0 atom stereocenters. The monoisotopic (exact) mass is 275 g/mol. The summed E-state index contributed by atoms with van der Waals surface area (Å²) in [5.41, 5.74) is -1.03. The van der Waals surface area contributed by atoms with Crippen LogP contribution in [-0.4, -0.2) is 17.1 Å². The highest BCUT2D eigenvalue weighted by molar-refractivity contribution is 5.95. The predicted molar refractivity (Wildman–Crippen MR) is 58.8 cm³/mol. The summed E-state index contributed by atoms with van der Waals surface area (Å²) in [6.45, 7) is 0.946. The maximum atomic E-state index is 12.1. The Kier molecular flexibility index (Phi) is 4.26. The molecule has 8 heteroatoms. The molecule has 0 spiro atoms. The summed E-state index contributed by atoms with van der Waals surface area (Å²) in [7, 11) is 0. The van der Waals surface area contributed by atoms with Crippen LogP contribution in [0, 0.1) is 10.1 Å². The highest BCUT2D eigenvalue weighted by Crippen LogP contribution is 2.27. The Morgan fingerprint density at radius 1 is 1.37 bits per heavy atom. The summed E-state index contributed by atoms with van der Waals surface area (Å²) < 4.78 is 40.1. The first-order chi connectivity index (χ1) is 8.70. The lowest BCUT2D eigenvalue weighted by Gasteiger charge is -2.10. The first-order valence-electron chi connectivity index (χ1n) is 4.92. The molecule has 0 N–H and O–H groups in total. The Morgan fingerprint density at radius 2 is 1.95 bits per heavy atom. The minimum absolute atomic E-state index is 0.207. The molecule has 0 saturated heterocycles. The van der Waals surface area contributed by atoms with Crippen LogP contribution >= 0.6 is 0 Å². The molecule has 0 radical (unpaired) electrons. The van der Waals surface area contributed by atoms with Crippen molar-refractivity contribution in [3.05, 3.63) is 45.6 Å². The predicted octanol–water partition coefficient (Wildman–Crippen LogP) is 2.79. The van der Waals surface area contributed by atoms with Crippen LogP contribution in [0.5, 0.6) is 5.75 Å². The number of ether oxygens (including phenoxy) is 1. The van der Waals surface area contributed by atoms with E-state index in [0.29, 0.717) is 0 Å². The Balaban J connectivity index is 3.24. The van der Waals surface area contributed by atoms with Gasteiger partial charge in [-0.05, 0) is 6.07 Å². The van der Waals surface area contributed by atoms with Crippen molar-refractivity contribution in [2.24, 2.45) is 0 Å². The lowest BCUT2D eigenvalue weighted by molar-refractivity contribution is -0.417. The standard InChI is InChI=1S/C11H8F3NO4/c1-7(16)9(15(17)18)6-8-4-2-3-5-10(8)19-11(12,13)14/h2-6H,1H3. The normalized spacial score (nSPS) is 12.1. The third kappa shape index (κ3) is 4.41. The van der Waals surface area contributed by atoms with Crippen molar-refractivity contribution in [3.8, 4) is 5.75 Å². The number of benzene rings is 1. The van der Waals surface area contributed by atoms with Gasteiger partial charge in [-0.1, -0.05) is 18.2 Å². The molecule has 0 unspecified atom stereocenters. The number of alkyl halides is 3. The number of hydrogen-bond acceptors (Lipinski definition) is 4. The third-order valence-electron chi connectivity index (χ3n) is 1.99. The van der Waals surface area contributed by atoms with Gasteiger partial charge in [0.2, 0.25) is 5.78 Å². The van der Waals surface area contributed by atoms with Crippen LogP contribution < -0.4 is 4.74 Å². The molecule has 19 heavy (non-hydrogen) atoms. The maximum absolute atomic E-state index is 12.1. The zero-order chi connectivity index (χ0) is 14.6. The van der Waals surface area contributed by atoms with Gasteiger partial charge in [0.15, 0.2) is 0 Å². The van der Waals surface area contributed by atoms with E-state index in [1.807, 2.05) is 0 Å². The summed E-state index contributed by atoms with van der Waals surface area (Å²) in [5, 5.41) is 10.6. The number of nitro groups is 1. The van der Waals surface area contributed by atoms with Crippen molar-refractivity contribution >= 4 is 11.9 Å². The zero-order valence-electron chi connectivity index (χ0n) is 9.60. The van der Waals surface area contributed by atoms with E-state index < -0.39 is 28.5 Å². The fourth-order valence-corrected chi connectivity index (χ4v) is 1.25. The summed E-state index contributed by atoms with van der Waals surface area (Å²) in [6, 6.07) is 4.81. The lowest BCUT2D eigenvalue weighted by atomic mass is 10.1. The lowest BCUT2D eigenvalue weighted by Crippen LogP contribution is -2.18. The average molecular weight is 275 g/mol. The molecule has 0 fully saturated rings. The molecule has 0 aromatic heterocycles. The maximum Gasteiger partial charge on any atom is 0.573 e. The number of carbonyl (C=O) groups is 1. The summed E-state index contributed by atoms with van der Waals surface area (Å²) >= 11 is 0. The molecule has 0 aliphatic carbocycles. The number of para-hydroxylation sites is 1. The molecule has 0 aliphatic heterocycles. The second-order valence-electron chi connectivity index (χ2n) is 3.43. The zero-order valence-corrected chi connectivity index (χ0v) is 9.60. The van der Waals surface area contributed by atoms with E-state index in [9.17, 15) is 28.1 Å². The molecule has 0 bridgehead atoms. The fourth-order valence-electron chi connectivity index (χ4n) is 1.25. The highest BCUT2D eigenvalue weighted by Gasteiger charge is 2.32. The van der Waals surface area contributed by atoms with Crippen molar-refractivity contribution in [1.29, 1.82) is 0 Å². The quantitative estimate of drug-likeness (QED) is 0.481. The van der Waals surface area contributed by atoms with E-state index in [-0.39, 0.29) is 5.56 Å². The van der Waals surface area contributed by atoms with Gasteiger partial charge in [0.25, 0.3) is 0 Å². The first kappa shape index (κ1) is 14.7. The van der Waals surface area contributed by atoms with Gasteiger partial charge in [-0.15, -0.1) is 13.2 Å². The molecule has 1 aromatic rings. The Hall–Kier alpha value is -2.38. The van der Waals surface area contributed by atoms with Crippen LogP contribution in [0.4, 0.5) is 13.2 Å². The van der Waals surface area contributed by atoms with Crippen molar-refractivity contribution in [2.75, 3.05) is 0 Å². The van der Waals surface area contributed by atoms with Gasteiger partial charge in [0, 0.05) is 18.6 Å². The van der Waals surface area contributed by atoms with Gasteiger partial charge in [-0.3, -0.25) is 14.9 Å². The molecule has 1 aromatic carbocycles. The van der Waals surface area contributed by atoms with Gasteiger partial charge in [0.05, 0.1) is 4.92 Å². The van der Waals surface area contributed by atoms with Crippen LogP contribution in [-0.2, 0) is 4.79 Å². The molecule has 0 saturated carbocycles. The highest BCUT2D eigenvalue weighted by atomic mass is 19.4. The van der Waals surface area contributed by atoms with E-state index in [1.165, 1.54) is 18.2 Å².